The molecule has 1 aromatic carbocycles. The van der Waals surface area contributed by atoms with Gasteiger partial charge >= 0.3 is 5.97 Å². The van der Waals surface area contributed by atoms with Crippen LogP contribution in [-0.4, -0.2) is 29.5 Å². The Morgan fingerprint density at radius 3 is 2.81 bits per heavy atom. The Labute approximate surface area is 97.6 Å². The number of carbonyl (C=O) groups is 1. The summed E-state index contributed by atoms with van der Waals surface area (Å²) in [5.74, 6) is -0.578. The SMILES string of the molecule is COC(=O)C1=C(O)c2ccccc2SN1C. The zero-order valence-corrected chi connectivity index (χ0v) is 9.75. The average molecular weight is 237 g/mol. The van der Waals surface area contributed by atoms with Gasteiger partial charge in [0.2, 0.25) is 0 Å². The second-order valence-electron chi connectivity index (χ2n) is 3.27. The number of aliphatic hydroxyl groups excluding tert-OH is 1. The van der Waals surface area contributed by atoms with E-state index in [-0.39, 0.29) is 11.5 Å². The van der Waals surface area contributed by atoms with Crippen LogP contribution in [0.4, 0.5) is 0 Å². The number of hydrogen-bond donors (Lipinski definition) is 1. The van der Waals surface area contributed by atoms with Crippen LogP contribution in [0.25, 0.3) is 5.76 Å². The number of benzene rings is 1. The Kier molecular flexibility index (Phi) is 2.78. The van der Waals surface area contributed by atoms with E-state index in [1.165, 1.54) is 19.1 Å². The molecular formula is C11H11NO3S. The van der Waals surface area contributed by atoms with Crippen molar-refractivity contribution in [1.82, 2.24) is 4.31 Å². The van der Waals surface area contributed by atoms with Gasteiger partial charge in [-0.1, -0.05) is 12.1 Å². The first-order valence-corrected chi connectivity index (χ1v) is 5.45. The van der Waals surface area contributed by atoms with Crippen LogP contribution in [0, 0.1) is 0 Å². The molecule has 1 heterocycles. The van der Waals surface area contributed by atoms with Crippen molar-refractivity contribution in [2.75, 3.05) is 14.2 Å². The molecule has 0 fully saturated rings. The van der Waals surface area contributed by atoms with Gasteiger partial charge in [-0.25, -0.2) is 4.79 Å². The number of aliphatic hydroxyl groups is 1. The highest BCUT2D eigenvalue weighted by Gasteiger charge is 2.28. The predicted octanol–water partition coefficient (Wildman–Crippen LogP) is 2.04. The first-order chi connectivity index (χ1) is 7.65. The van der Waals surface area contributed by atoms with Crippen LogP contribution < -0.4 is 0 Å². The third-order valence-corrected chi connectivity index (χ3v) is 3.30. The van der Waals surface area contributed by atoms with Gasteiger partial charge in [-0.05, 0) is 24.1 Å². The molecule has 0 saturated carbocycles. The summed E-state index contributed by atoms with van der Waals surface area (Å²) in [4.78, 5) is 12.4. The molecule has 1 aromatic rings. The van der Waals surface area contributed by atoms with Crippen LogP contribution in [-0.2, 0) is 9.53 Å². The molecule has 0 saturated heterocycles. The van der Waals surface area contributed by atoms with E-state index >= 15 is 0 Å². The van der Waals surface area contributed by atoms with Crippen LogP contribution in [0.3, 0.4) is 0 Å². The van der Waals surface area contributed by atoms with E-state index in [4.69, 9.17) is 0 Å². The topological polar surface area (TPSA) is 49.8 Å². The van der Waals surface area contributed by atoms with Gasteiger partial charge < -0.3 is 14.1 Å². The number of ether oxygens (including phenoxy) is 1. The van der Waals surface area contributed by atoms with Gasteiger partial charge in [0, 0.05) is 17.5 Å². The van der Waals surface area contributed by atoms with Crippen LogP contribution in [0.1, 0.15) is 5.56 Å². The Balaban J connectivity index is 2.56. The summed E-state index contributed by atoms with van der Waals surface area (Å²) in [5.41, 5.74) is 0.831. The third kappa shape index (κ3) is 1.63. The van der Waals surface area contributed by atoms with Crippen molar-refractivity contribution in [3.8, 4) is 0 Å². The van der Waals surface area contributed by atoms with E-state index < -0.39 is 5.97 Å². The fraction of sp³-hybridized carbons (Fsp3) is 0.182. The highest BCUT2D eigenvalue weighted by molar-refractivity contribution is 7.97. The minimum absolute atomic E-state index is 0.0382. The molecule has 0 radical (unpaired) electrons. The summed E-state index contributed by atoms with van der Waals surface area (Å²) in [6.45, 7) is 0. The molecule has 0 amide bonds. The van der Waals surface area contributed by atoms with Crippen molar-refractivity contribution in [1.29, 1.82) is 0 Å². The van der Waals surface area contributed by atoms with E-state index in [0.29, 0.717) is 5.56 Å². The Morgan fingerprint density at radius 2 is 2.12 bits per heavy atom. The molecule has 1 aliphatic heterocycles. The highest BCUT2D eigenvalue weighted by Crippen LogP contribution is 2.38. The van der Waals surface area contributed by atoms with E-state index in [1.54, 1.807) is 17.4 Å². The molecule has 16 heavy (non-hydrogen) atoms. The number of methoxy groups -OCH3 is 1. The van der Waals surface area contributed by atoms with Gasteiger partial charge in [-0.2, -0.15) is 0 Å². The molecule has 2 rings (SSSR count). The number of rotatable bonds is 1. The second kappa shape index (κ2) is 4.09. The second-order valence-corrected chi connectivity index (χ2v) is 4.44. The van der Waals surface area contributed by atoms with E-state index in [9.17, 15) is 9.90 Å². The van der Waals surface area contributed by atoms with Crippen molar-refractivity contribution < 1.29 is 14.6 Å². The molecule has 0 spiro atoms. The Hall–Kier alpha value is -1.62. The molecule has 1 aliphatic rings. The molecule has 5 heteroatoms. The summed E-state index contributed by atoms with van der Waals surface area (Å²) in [6.07, 6.45) is 0. The average Bonchev–Trinajstić information content (AvgIpc) is 2.28. The fourth-order valence-corrected chi connectivity index (χ4v) is 2.48. The monoisotopic (exact) mass is 237 g/mol. The van der Waals surface area contributed by atoms with Gasteiger partial charge in [0.25, 0.3) is 0 Å². The zero-order chi connectivity index (χ0) is 11.7. The van der Waals surface area contributed by atoms with Crippen LogP contribution in [0.2, 0.25) is 0 Å². The highest BCUT2D eigenvalue weighted by atomic mass is 32.2. The van der Waals surface area contributed by atoms with Crippen LogP contribution >= 0.6 is 11.9 Å². The first kappa shape index (κ1) is 10.9. The lowest BCUT2D eigenvalue weighted by Gasteiger charge is -2.26. The van der Waals surface area contributed by atoms with Crippen molar-refractivity contribution in [2.45, 2.75) is 4.90 Å². The third-order valence-electron chi connectivity index (χ3n) is 2.30. The van der Waals surface area contributed by atoms with E-state index in [0.717, 1.165) is 4.90 Å². The van der Waals surface area contributed by atoms with Crippen molar-refractivity contribution in [2.24, 2.45) is 0 Å². The number of likely N-dealkylation sites (N-methyl/N-ethyl adjacent to an activating group) is 1. The summed E-state index contributed by atoms with van der Waals surface area (Å²) in [6, 6.07) is 7.36. The molecule has 0 unspecified atom stereocenters. The molecule has 4 nitrogen and oxygen atoms in total. The van der Waals surface area contributed by atoms with Crippen molar-refractivity contribution >= 4 is 23.7 Å². The van der Waals surface area contributed by atoms with E-state index in [1.807, 2.05) is 18.2 Å². The smallest absolute Gasteiger partial charge is 0.359 e. The maximum Gasteiger partial charge on any atom is 0.359 e. The van der Waals surface area contributed by atoms with Gasteiger partial charge in [-0.3, -0.25) is 0 Å². The Morgan fingerprint density at radius 1 is 1.44 bits per heavy atom. The van der Waals surface area contributed by atoms with Crippen molar-refractivity contribution in [3.05, 3.63) is 35.5 Å². The lowest BCUT2D eigenvalue weighted by atomic mass is 10.1. The number of carbonyl (C=O) groups excluding carboxylic acids is 1. The first-order valence-electron chi connectivity index (χ1n) is 4.67. The summed E-state index contributed by atoms with van der Waals surface area (Å²) >= 11 is 1.38. The normalized spacial score (nSPS) is 14.8. The molecule has 0 aliphatic carbocycles. The maximum absolute atomic E-state index is 11.5. The van der Waals surface area contributed by atoms with Gasteiger partial charge in [0.05, 0.1) is 7.11 Å². The molecule has 0 atom stereocenters. The number of esters is 1. The van der Waals surface area contributed by atoms with Gasteiger partial charge in [-0.15, -0.1) is 0 Å². The van der Waals surface area contributed by atoms with E-state index in [2.05, 4.69) is 4.74 Å². The lowest BCUT2D eigenvalue weighted by Crippen LogP contribution is -2.23. The standard InChI is InChI=1S/C11H11NO3S/c1-12-9(11(14)15-2)10(13)7-5-3-4-6-8(7)16-12/h3-6,13H,1-2H3. The fourth-order valence-electron chi connectivity index (χ4n) is 1.53. The van der Waals surface area contributed by atoms with Gasteiger partial charge in [0.15, 0.2) is 11.5 Å². The largest absolute Gasteiger partial charge is 0.505 e. The molecule has 1 N–H and O–H groups in total. The summed E-state index contributed by atoms with van der Waals surface area (Å²) in [7, 11) is 3.00. The van der Waals surface area contributed by atoms with Crippen LogP contribution in [0.15, 0.2) is 34.9 Å². The molecule has 0 bridgehead atoms. The number of fused-ring (bicyclic) bond motifs is 1. The number of hydrogen-bond acceptors (Lipinski definition) is 5. The van der Waals surface area contributed by atoms with Gasteiger partial charge in [0.1, 0.15) is 0 Å². The molecule has 0 aromatic heterocycles. The summed E-state index contributed by atoms with van der Waals surface area (Å²) in [5, 5.41) is 10.0. The Bertz CT molecular complexity index is 470. The lowest BCUT2D eigenvalue weighted by molar-refractivity contribution is -0.137. The quantitative estimate of drug-likeness (QED) is 0.598. The minimum Gasteiger partial charge on any atom is -0.505 e. The predicted molar refractivity (Wildman–Crippen MR) is 61.6 cm³/mol. The molecular weight excluding hydrogens is 226 g/mol. The van der Waals surface area contributed by atoms with Crippen molar-refractivity contribution in [3.63, 3.8) is 0 Å². The number of nitrogens with zero attached hydrogens (tertiary/aromatic N) is 1. The maximum atomic E-state index is 11.5. The van der Waals surface area contributed by atoms with Crippen LogP contribution in [0.5, 0.6) is 0 Å². The molecule has 84 valence electrons. The summed E-state index contributed by atoms with van der Waals surface area (Å²) < 4.78 is 6.23. The minimum atomic E-state index is -0.540. The zero-order valence-electron chi connectivity index (χ0n) is 8.93.